The van der Waals surface area contributed by atoms with E-state index >= 15 is 0 Å². The fourth-order valence-corrected chi connectivity index (χ4v) is 3.06. The van der Waals surface area contributed by atoms with Crippen molar-refractivity contribution in [3.05, 3.63) is 101 Å². The van der Waals surface area contributed by atoms with Crippen molar-refractivity contribution in [2.75, 3.05) is 12.4 Å². The molecule has 3 aromatic rings. The molecule has 0 aliphatic carbocycles. The van der Waals surface area contributed by atoms with Crippen LogP contribution in [-0.4, -0.2) is 29.8 Å². The molecule has 0 unspecified atom stereocenters. The first-order chi connectivity index (χ1) is 14.9. The highest BCUT2D eigenvalue weighted by Crippen LogP contribution is 2.22. The summed E-state index contributed by atoms with van der Waals surface area (Å²) in [5, 5.41) is 16.0. The van der Waals surface area contributed by atoms with Crippen molar-refractivity contribution in [2.24, 2.45) is 5.16 Å². The van der Waals surface area contributed by atoms with E-state index in [1.165, 1.54) is 19.2 Å². The Labute approximate surface area is 179 Å². The summed E-state index contributed by atoms with van der Waals surface area (Å²) in [4.78, 5) is 15.6. The van der Waals surface area contributed by atoms with Crippen molar-refractivity contribution in [1.82, 2.24) is 0 Å². The number of hydrogen-bond donors (Lipinski definition) is 2. The molecule has 0 saturated carbocycles. The van der Waals surface area contributed by atoms with Crippen LogP contribution in [0.3, 0.4) is 0 Å². The van der Waals surface area contributed by atoms with E-state index in [-0.39, 0.29) is 5.56 Å². The van der Waals surface area contributed by atoms with Crippen LogP contribution >= 0.6 is 0 Å². The Morgan fingerprint density at radius 2 is 1.65 bits per heavy atom. The number of alkyl halides is 2. The second-order valence-electron chi connectivity index (χ2n) is 6.93. The third kappa shape index (κ3) is 5.88. The fraction of sp³-hybridized carbons (Fsp3) is 0.167. The van der Waals surface area contributed by atoms with Crippen LogP contribution in [0.4, 0.5) is 14.5 Å². The van der Waals surface area contributed by atoms with Gasteiger partial charge in [-0.3, -0.25) is 0 Å². The Kier molecular flexibility index (Phi) is 6.97. The van der Waals surface area contributed by atoms with Crippen molar-refractivity contribution in [1.29, 1.82) is 0 Å². The van der Waals surface area contributed by atoms with Crippen LogP contribution < -0.4 is 5.32 Å². The minimum Gasteiger partial charge on any atom is -0.477 e. The lowest BCUT2D eigenvalue weighted by Gasteiger charge is -2.12. The van der Waals surface area contributed by atoms with E-state index in [1.54, 1.807) is 12.1 Å². The van der Waals surface area contributed by atoms with Crippen LogP contribution in [0.15, 0.2) is 84.0 Å². The quantitative estimate of drug-likeness (QED) is 0.376. The van der Waals surface area contributed by atoms with Crippen LogP contribution in [0, 0.1) is 0 Å². The Balaban J connectivity index is 1.69. The molecular weight excluding hydrogens is 402 g/mol. The van der Waals surface area contributed by atoms with E-state index in [4.69, 9.17) is 9.94 Å². The molecule has 2 N–H and O–H groups in total. The highest BCUT2D eigenvalue weighted by Gasteiger charge is 2.38. The summed E-state index contributed by atoms with van der Waals surface area (Å²) in [5.41, 5.74) is 4.54. The van der Waals surface area contributed by atoms with Gasteiger partial charge in [-0.25, -0.2) is 4.79 Å². The highest BCUT2D eigenvalue weighted by atomic mass is 19.3. The molecule has 0 fully saturated rings. The zero-order valence-corrected chi connectivity index (χ0v) is 16.9. The van der Waals surface area contributed by atoms with Crippen molar-refractivity contribution in [2.45, 2.75) is 18.9 Å². The van der Waals surface area contributed by atoms with E-state index in [2.05, 4.69) is 10.5 Å². The number of aliphatic carboxylic acids is 1. The molecule has 5 nitrogen and oxygen atoms in total. The molecular formula is C24H22F2N2O3. The van der Waals surface area contributed by atoms with Crippen LogP contribution in [-0.2, 0) is 22.6 Å². The zero-order chi connectivity index (χ0) is 22.3. The number of hydrogen-bond acceptors (Lipinski definition) is 4. The average Bonchev–Trinajstić information content (AvgIpc) is 2.77. The van der Waals surface area contributed by atoms with Gasteiger partial charge < -0.3 is 15.3 Å². The number of carboxylic acids is 1. The maximum Gasteiger partial charge on any atom is 0.374 e. The first-order valence-corrected chi connectivity index (χ1v) is 9.59. The first-order valence-electron chi connectivity index (χ1n) is 9.59. The number of carbonyl (C=O) groups is 1. The minimum absolute atomic E-state index is 0.253. The van der Waals surface area contributed by atoms with E-state index in [0.717, 1.165) is 22.4 Å². The molecule has 160 valence electrons. The second kappa shape index (κ2) is 9.84. The van der Waals surface area contributed by atoms with E-state index in [0.29, 0.717) is 12.3 Å². The Bertz CT molecular complexity index is 1050. The van der Waals surface area contributed by atoms with E-state index < -0.39 is 18.3 Å². The SMILES string of the molecule is CO/N=C(/c1ccccc1)c1cccc(CNc2ccc(CC(F)(F)C(=O)O)cc2)c1. The number of rotatable bonds is 9. The van der Waals surface area contributed by atoms with Crippen molar-refractivity contribution in [3.8, 4) is 0 Å². The molecule has 0 amide bonds. The summed E-state index contributed by atoms with van der Waals surface area (Å²) < 4.78 is 26.7. The van der Waals surface area contributed by atoms with Gasteiger partial charge in [-0.15, -0.1) is 0 Å². The van der Waals surface area contributed by atoms with Gasteiger partial charge in [0.15, 0.2) is 0 Å². The van der Waals surface area contributed by atoms with Gasteiger partial charge in [0.05, 0.1) is 0 Å². The Hall–Kier alpha value is -3.74. The number of nitrogens with zero attached hydrogens (tertiary/aromatic N) is 1. The molecule has 0 heterocycles. The standard InChI is InChI=1S/C24H22F2N2O3/c1-31-28-22(19-7-3-2-4-8-19)20-9-5-6-18(14-20)16-27-21-12-10-17(11-13-21)15-24(25,26)23(29)30/h2-14,27H,15-16H2,1H3,(H,29,30)/b28-22-. The van der Waals surface area contributed by atoms with Crippen LogP contribution in [0.1, 0.15) is 22.3 Å². The van der Waals surface area contributed by atoms with Crippen molar-refractivity contribution in [3.63, 3.8) is 0 Å². The molecule has 7 heteroatoms. The largest absolute Gasteiger partial charge is 0.477 e. The average molecular weight is 424 g/mol. The van der Waals surface area contributed by atoms with Gasteiger partial charge >= 0.3 is 11.9 Å². The minimum atomic E-state index is -3.78. The van der Waals surface area contributed by atoms with E-state index in [9.17, 15) is 13.6 Å². The summed E-state index contributed by atoms with van der Waals surface area (Å²) in [6.45, 7) is 0.507. The summed E-state index contributed by atoms with van der Waals surface area (Å²) in [7, 11) is 1.50. The van der Waals surface area contributed by atoms with E-state index in [1.807, 2.05) is 54.6 Å². The molecule has 3 rings (SSSR count). The monoisotopic (exact) mass is 424 g/mol. The van der Waals surface area contributed by atoms with Gasteiger partial charge in [0, 0.05) is 29.8 Å². The van der Waals surface area contributed by atoms with Gasteiger partial charge in [-0.05, 0) is 29.3 Å². The zero-order valence-electron chi connectivity index (χ0n) is 16.9. The molecule has 0 atom stereocenters. The third-order valence-electron chi connectivity index (χ3n) is 4.62. The molecule has 0 bridgehead atoms. The van der Waals surface area contributed by atoms with Gasteiger partial charge in [0.25, 0.3) is 0 Å². The number of carboxylic acid groups (broad SMARTS) is 1. The lowest BCUT2D eigenvalue weighted by Crippen LogP contribution is -2.30. The van der Waals surface area contributed by atoms with Crippen molar-refractivity contribution < 1.29 is 23.5 Å². The summed E-state index contributed by atoms with van der Waals surface area (Å²) in [6, 6.07) is 23.8. The molecule has 0 aliphatic heterocycles. The molecule has 0 radical (unpaired) electrons. The maximum atomic E-state index is 13.3. The van der Waals surface area contributed by atoms with Gasteiger partial charge in [-0.2, -0.15) is 8.78 Å². The predicted octanol–water partition coefficient (Wildman–Crippen LogP) is 4.96. The summed E-state index contributed by atoms with van der Waals surface area (Å²) in [5.74, 6) is -5.91. The molecule has 3 aromatic carbocycles. The molecule has 0 aromatic heterocycles. The van der Waals surface area contributed by atoms with Crippen LogP contribution in [0.25, 0.3) is 0 Å². The topological polar surface area (TPSA) is 70.9 Å². The third-order valence-corrected chi connectivity index (χ3v) is 4.62. The normalized spacial score (nSPS) is 11.8. The summed E-state index contributed by atoms with van der Waals surface area (Å²) in [6.07, 6.45) is -0.842. The molecule has 31 heavy (non-hydrogen) atoms. The smallest absolute Gasteiger partial charge is 0.374 e. The lowest BCUT2D eigenvalue weighted by molar-refractivity contribution is -0.164. The number of oxime groups is 1. The molecule has 0 spiro atoms. The molecule has 0 saturated heterocycles. The Morgan fingerprint density at radius 3 is 2.29 bits per heavy atom. The predicted molar refractivity (Wildman–Crippen MR) is 116 cm³/mol. The molecule has 0 aliphatic rings. The Morgan fingerprint density at radius 1 is 0.968 bits per heavy atom. The van der Waals surface area contributed by atoms with Gasteiger partial charge in [-0.1, -0.05) is 65.8 Å². The summed E-state index contributed by atoms with van der Waals surface area (Å²) >= 11 is 0. The lowest BCUT2D eigenvalue weighted by atomic mass is 10.0. The van der Waals surface area contributed by atoms with Gasteiger partial charge in [0.1, 0.15) is 12.8 Å². The number of anilines is 1. The number of benzene rings is 3. The van der Waals surface area contributed by atoms with Crippen molar-refractivity contribution >= 4 is 17.4 Å². The highest BCUT2D eigenvalue weighted by molar-refractivity contribution is 6.12. The van der Waals surface area contributed by atoms with Gasteiger partial charge in [0.2, 0.25) is 0 Å². The first kappa shape index (κ1) is 22.0. The second-order valence-corrected chi connectivity index (χ2v) is 6.93. The maximum absolute atomic E-state index is 13.3. The number of halogens is 2. The number of nitrogens with one attached hydrogen (secondary N) is 1. The van der Waals surface area contributed by atoms with Crippen LogP contribution in [0.5, 0.6) is 0 Å². The fourth-order valence-electron chi connectivity index (χ4n) is 3.06. The van der Waals surface area contributed by atoms with Crippen LogP contribution in [0.2, 0.25) is 0 Å².